The molecule has 1 N–H and O–H groups in total. The van der Waals surface area contributed by atoms with E-state index in [1.54, 1.807) is 0 Å². The highest BCUT2D eigenvalue weighted by molar-refractivity contribution is 5.03. The van der Waals surface area contributed by atoms with Crippen LogP contribution in [0.5, 0.6) is 0 Å². The molecular weight excluding hydrogens is 172 g/mol. The lowest BCUT2D eigenvalue weighted by molar-refractivity contribution is 0.732. The van der Waals surface area contributed by atoms with Crippen LogP contribution in [0.1, 0.15) is 19.5 Å². The predicted molar refractivity (Wildman–Crippen MR) is 60.2 cm³/mol. The number of nitrogens with one attached hydrogen (secondary N) is 1. The van der Waals surface area contributed by atoms with Gasteiger partial charge in [0.1, 0.15) is 0 Å². The summed E-state index contributed by atoms with van der Waals surface area (Å²) in [6, 6.07) is 6.03. The first-order chi connectivity index (χ1) is 6.79. The zero-order valence-corrected chi connectivity index (χ0v) is 8.96. The molecule has 0 spiro atoms. The van der Waals surface area contributed by atoms with Gasteiger partial charge in [0.05, 0.1) is 0 Å². The molecule has 14 heavy (non-hydrogen) atoms. The summed E-state index contributed by atoms with van der Waals surface area (Å²) >= 11 is 0. The van der Waals surface area contributed by atoms with Crippen molar-refractivity contribution in [3.63, 3.8) is 0 Å². The highest BCUT2D eigenvalue weighted by Gasteiger charge is 1.90. The molecule has 1 rings (SSSR count). The summed E-state index contributed by atoms with van der Waals surface area (Å²) in [5.74, 6) is 0. The van der Waals surface area contributed by atoms with Crippen LogP contribution in [0, 0.1) is 0 Å². The SMILES string of the molecule is CC(C)=CCNCCc1ccccn1. The quantitative estimate of drug-likeness (QED) is 0.568. The standard InChI is InChI=1S/C12H18N2/c1-11(2)6-9-13-10-7-12-5-3-4-8-14-12/h3-6,8,13H,7,9-10H2,1-2H3. The molecule has 2 heteroatoms. The summed E-state index contributed by atoms with van der Waals surface area (Å²) in [7, 11) is 0. The molecule has 76 valence electrons. The number of aromatic nitrogens is 1. The summed E-state index contributed by atoms with van der Waals surface area (Å²) < 4.78 is 0. The first kappa shape index (κ1) is 10.9. The predicted octanol–water partition coefficient (Wildman–Crippen LogP) is 2.18. The van der Waals surface area contributed by atoms with Crippen molar-refractivity contribution in [3.05, 3.63) is 41.7 Å². The van der Waals surface area contributed by atoms with Gasteiger partial charge in [0.15, 0.2) is 0 Å². The normalized spacial score (nSPS) is 9.86. The fraction of sp³-hybridized carbons (Fsp3) is 0.417. The Labute approximate surface area is 86.1 Å². The maximum atomic E-state index is 4.26. The number of rotatable bonds is 5. The maximum absolute atomic E-state index is 4.26. The van der Waals surface area contributed by atoms with Gasteiger partial charge in [0.2, 0.25) is 0 Å². The zero-order valence-electron chi connectivity index (χ0n) is 8.96. The Morgan fingerprint density at radius 3 is 2.93 bits per heavy atom. The lowest BCUT2D eigenvalue weighted by Gasteiger charge is -2.01. The Hall–Kier alpha value is -1.15. The van der Waals surface area contributed by atoms with Gasteiger partial charge in [0.25, 0.3) is 0 Å². The molecule has 0 fully saturated rings. The van der Waals surface area contributed by atoms with Crippen molar-refractivity contribution >= 4 is 0 Å². The molecule has 0 bridgehead atoms. The summed E-state index contributed by atoms with van der Waals surface area (Å²) in [5, 5.41) is 3.35. The smallest absolute Gasteiger partial charge is 0.0416 e. The largest absolute Gasteiger partial charge is 0.313 e. The van der Waals surface area contributed by atoms with E-state index in [0.29, 0.717) is 0 Å². The van der Waals surface area contributed by atoms with Crippen molar-refractivity contribution in [1.29, 1.82) is 0 Å². The third-order valence-corrected chi connectivity index (χ3v) is 1.94. The van der Waals surface area contributed by atoms with Gasteiger partial charge < -0.3 is 5.32 Å². The zero-order chi connectivity index (χ0) is 10.2. The average molecular weight is 190 g/mol. The minimum absolute atomic E-state index is 0.954. The van der Waals surface area contributed by atoms with E-state index in [-0.39, 0.29) is 0 Å². The van der Waals surface area contributed by atoms with Crippen LogP contribution in [0.15, 0.2) is 36.0 Å². The minimum atomic E-state index is 0.954. The Morgan fingerprint density at radius 1 is 1.43 bits per heavy atom. The van der Waals surface area contributed by atoms with Crippen molar-refractivity contribution in [1.82, 2.24) is 10.3 Å². The summed E-state index contributed by atoms with van der Waals surface area (Å²) in [6.07, 6.45) is 5.03. The topological polar surface area (TPSA) is 24.9 Å². The first-order valence-electron chi connectivity index (χ1n) is 5.03. The molecule has 0 saturated heterocycles. The maximum Gasteiger partial charge on any atom is 0.0416 e. The van der Waals surface area contributed by atoms with Crippen LogP contribution in [-0.2, 0) is 6.42 Å². The lowest BCUT2D eigenvalue weighted by Crippen LogP contribution is -2.17. The molecular formula is C12H18N2. The van der Waals surface area contributed by atoms with E-state index in [1.165, 1.54) is 5.57 Å². The van der Waals surface area contributed by atoms with Gasteiger partial charge in [-0.15, -0.1) is 0 Å². The van der Waals surface area contributed by atoms with Crippen LogP contribution in [0.3, 0.4) is 0 Å². The molecule has 1 heterocycles. The second kappa shape index (κ2) is 6.33. The van der Waals surface area contributed by atoms with Crippen molar-refractivity contribution in [2.24, 2.45) is 0 Å². The van der Waals surface area contributed by atoms with Crippen LogP contribution < -0.4 is 5.32 Å². The molecule has 0 unspecified atom stereocenters. The van der Waals surface area contributed by atoms with Crippen LogP contribution in [-0.4, -0.2) is 18.1 Å². The first-order valence-corrected chi connectivity index (χ1v) is 5.03. The van der Waals surface area contributed by atoms with Crippen molar-refractivity contribution in [2.75, 3.05) is 13.1 Å². The van der Waals surface area contributed by atoms with Crippen LogP contribution in [0.25, 0.3) is 0 Å². The minimum Gasteiger partial charge on any atom is -0.313 e. The van der Waals surface area contributed by atoms with E-state index < -0.39 is 0 Å². The molecule has 0 aliphatic carbocycles. The van der Waals surface area contributed by atoms with E-state index in [0.717, 1.165) is 25.2 Å². The van der Waals surface area contributed by atoms with Gasteiger partial charge in [-0.3, -0.25) is 4.98 Å². The summed E-state index contributed by atoms with van der Waals surface area (Å²) in [6.45, 7) is 6.16. The molecule has 0 saturated carbocycles. The number of hydrogen-bond acceptors (Lipinski definition) is 2. The summed E-state index contributed by atoms with van der Waals surface area (Å²) in [5.41, 5.74) is 2.51. The van der Waals surface area contributed by atoms with E-state index >= 15 is 0 Å². The number of nitrogens with zero attached hydrogens (tertiary/aromatic N) is 1. The van der Waals surface area contributed by atoms with E-state index in [2.05, 4.69) is 36.3 Å². The number of hydrogen-bond donors (Lipinski definition) is 1. The molecule has 1 aromatic rings. The Kier molecular flexibility index (Phi) is 4.94. The fourth-order valence-electron chi connectivity index (χ4n) is 1.14. The monoisotopic (exact) mass is 190 g/mol. The molecule has 0 aromatic carbocycles. The Morgan fingerprint density at radius 2 is 2.29 bits per heavy atom. The number of allylic oxidation sites excluding steroid dienone is 1. The van der Waals surface area contributed by atoms with Crippen LogP contribution in [0.2, 0.25) is 0 Å². The van der Waals surface area contributed by atoms with Crippen molar-refractivity contribution in [2.45, 2.75) is 20.3 Å². The molecule has 1 aromatic heterocycles. The summed E-state index contributed by atoms with van der Waals surface area (Å²) in [4.78, 5) is 4.26. The van der Waals surface area contributed by atoms with Crippen molar-refractivity contribution in [3.8, 4) is 0 Å². The fourth-order valence-corrected chi connectivity index (χ4v) is 1.14. The molecule has 0 radical (unpaired) electrons. The Bertz CT molecular complexity index is 274. The van der Waals surface area contributed by atoms with Gasteiger partial charge in [-0.2, -0.15) is 0 Å². The molecule has 0 amide bonds. The lowest BCUT2D eigenvalue weighted by atomic mass is 10.2. The molecule has 2 nitrogen and oxygen atoms in total. The van der Waals surface area contributed by atoms with E-state index in [9.17, 15) is 0 Å². The van der Waals surface area contributed by atoms with Gasteiger partial charge in [-0.25, -0.2) is 0 Å². The highest BCUT2D eigenvalue weighted by atomic mass is 14.8. The van der Waals surface area contributed by atoms with Gasteiger partial charge in [0, 0.05) is 31.4 Å². The molecule has 0 atom stereocenters. The Balaban J connectivity index is 2.14. The average Bonchev–Trinajstić information content (AvgIpc) is 2.18. The van der Waals surface area contributed by atoms with Gasteiger partial charge in [-0.1, -0.05) is 17.7 Å². The van der Waals surface area contributed by atoms with Gasteiger partial charge >= 0.3 is 0 Å². The third kappa shape index (κ3) is 4.77. The second-order valence-corrected chi connectivity index (χ2v) is 3.56. The van der Waals surface area contributed by atoms with E-state index in [1.807, 2.05) is 18.3 Å². The molecule has 0 aliphatic heterocycles. The van der Waals surface area contributed by atoms with Crippen LogP contribution in [0.4, 0.5) is 0 Å². The van der Waals surface area contributed by atoms with E-state index in [4.69, 9.17) is 0 Å². The number of pyridine rings is 1. The van der Waals surface area contributed by atoms with Crippen LogP contribution >= 0.6 is 0 Å². The highest BCUT2D eigenvalue weighted by Crippen LogP contribution is 1.93. The second-order valence-electron chi connectivity index (χ2n) is 3.56. The van der Waals surface area contributed by atoms with Crippen molar-refractivity contribution < 1.29 is 0 Å². The molecule has 0 aliphatic rings. The van der Waals surface area contributed by atoms with Gasteiger partial charge in [-0.05, 0) is 26.0 Å². The third-order valence-electron chi connectivity index (χ3n) is 1.94.